The van der Waals surface area contributed by atoms with Crippen LogP contribution < -0.4 is 5.73 Å². The molecule has 0 spiro atoms. The van der Waals surface area contributed by atoms with Crippen LogP contribution in [0.4, 0.5) is 0 Å². The van der Waals surface area contributed by atoms with E-state index in [1.807, 2.05) is 30.3 Å². The molecule has 19 heavy (non-hydrogen) atoms. The Balaban J connectivity index is 3.02. The second-order valence-corrected chi connectivity index (χ2v) is 6.54. The van der Waals surface area contributed by atoms with Gasteiger partial charge in [-0.3, -0.25) is 4.57 Å². The van der Waals surface area contributed by atoms with Crippen LogP contribution in [0.2, 0.25) is 0 Å². The molecule has 0 heterocycles. The Morgan fingerprint density at radius 1 is 1.21 bits per heavy atom. The van der Waals surface area contributed by atoms with Crippen LogP contribution in [0, 0.1) is 11.8 Å². The van der Waals surface area contributed by atoms with Crippen molar-refractivity contribution in [3.63, 3.8) is 0 Å². The van der Waals surface area contributed by atoms with Crippen LogP contribution in [0.1, 0.15) is 26.3 Å². The summed E-state index contributed by atoms with van der Waals surface area (Å²) in [6.07, 6.45) is 0. The van der Waals surface area contributed by atoms with E-state index in [1.54, 1.807) is 20.8 Å². The van der Waals surface area contributed by atoms with E-state index in [9.17, 15) is 4.57 Å². The normalized spacial score (nSPS) is 14.3. The molecule has 0 aromatic heterocycles. The summed E-state index contributed by atoms with van der Waals surface area (Å²) in [6, 6.07) is 9.37. The Labute approximate surface area is 114 Å². The average Bonchev–Trinajstić information content (AvgIpc) is 2.38. The molecule has 0 saturated heterocycles. The summed E-state index contributed by atoms with van der Waals surface area (Å²) >= 11 is 0. The first-order valence-corrected chi connectivity index (χ1v) is 7.75. The highest BCUT2D eigenvalue weighted by molar-refractivity contribution is 7.55. The minimum Gasteiger partial charge on any atom is -0.307 e. The van der Waals surface area contributed by atoms with Gasteiger partial charge < -0.3 is 14.8 Å². The van der Waals surface area contributed by atoms with Gasteiger partial charge in [-0.05, 0) is 32.9 Å². The maximum Gasteiger partial charge on any atom is 0.362 e. The highest BCUT2D eigenvalue weighted by Crippen LogP contribution is 2.57. The smallest absolute Gasteiger partial charge is 0.307 e. The van der Waals surface area contributed by atoms with Gasteiger partial charge in [-0.2, -0.15) is 0 Å². The average molecular weight is 281 g/mol. The summed E-state index contributed by atoms with van der Waals surface area (Å²) in [5, 5.41) is -1.34. The van der Waals surface area contributed by atoms with Crippen LogP contribution in [-0.4, -0.2) is 18.5 Å². The fourth-order valence-corrected chi connectivity index (χ4v) is 2.92. The van der Waals surface area contributed by atoms with Gasteiger partial charge in [-0.15, -0.1) is 0 Å². The maximum absolute atomic E-state index is 12.6. The molecule has 104 valence electrons. The van der Waals surface area contributed by atoms with Gasteiger partial charge in [0.15, 0.2) is 5.28 Å². The molecular weight excluding hydrogens is 261 g/mol. The van der Waals surface area contributed by atoms with Crippen molar-refractivity contribution in [3.8, 4) is 11.8 Å². The Kier molecular flexibility index (Phi) is 5.78. The first-order chi connectivity index (χ1) is 8.95. The third-order valence-electron chi connectivity index (χ3n) is 2.40. The third kappa shape index (κ3) is 4.19. The number of hydrogen-bond acceptors (Lipinski definition) is 4. The van der Waals surface area contributed by atoms with Gasteiger partial charge in [-0.25, -0.2) is 0 Å². The van der Waals surface area contributed by atoms with Gasteiger partial charge in [0.2, 0.25) is 0 Å². The van der Waals surface area contributed by atoms with E-state index >= 15 is 0 Å². The van der Waals surface area contributed by atoms with Crippen molar-refractivity contribution < 1.29 is 13.6 Å². The van der Waals surface area contributed by atoms with Gasteiger partial charge in [0.25, 0.3) is 0 Å². The van der Waals surface area contributed by atoms with Crippen molar-refractivity contribution in [2.75, 3.05) is 13.2 Å². The summed E-state index contributed by atoms with van der Waals surface area (Å²) in [5.41, 5.74) is 6.83. The lowest BCUT2D eigenvalue weighted by molar-refractivity contribution is 0.207. The first-order valence-electron chi connectivity index (χ1n) is 6.21. The van der Waals surface area contributed by atoms with E-state index in [-0.39, 0.29) is 13.2 Å². The molecule has 0 bridgehead atoms. The molecule has 1 aromatic rings. The molecule has 4 nitrogen and oxygen atoms in total. The summed E-state index contributed by atoms with van der Waals surface area (Å²) in [5.74, 6) is 5.70. The first kappa shape index (κ1) is 15.9. The second kappa shape index (κ2) is 6.88. The van der Waals surface area contributed by atoms with Crippen molar-refractivity contribution in [2.24, 2.45) is 5.73 Å². The number of hydrogen-bond donors (Lipinski definition) is 1. The van der Waals surface area contributed by atoms with E-state index in [0.29, 0.717) is 0 Å². The Hall–Kier alpha value is -1.11. The molecule has 0 amide bonds. The molecule has 0 aliphatic carbocycles. The van der Waals surface area contributed by atoms with E-state index in [0.717, 1.165) is 5.56 Å². The second-order valence-electron chi connectivity index (χ2n) is 4.10. The van der Waals surface area contributed by atoms with E-state index in [2.05, 4.69) is 11.8 Å². The molecular formula is C14H20NO3P. The minimum atomic E-state index is -3.46. The number of rotatable bonds is 5. The van der Waals surface area contributed by atoms with Crippen molar-refractivity contribution in [2.45, 2.75) is 26.1 Å². The summed E-state index contributed by atoms with van der Waals surface area (Å²) in [7, 11) is -3.46. The zero-order valence-corrected chi connectivity index (χ0v) is 12.4. The Morgan fingerprint density at radius 2 is 1.74 bits per heavy atom. The molecule has 0 aliphatic heterocycles. The fourth-order valence-electron chi connectivity index (χ4n) is 1.43. The number of nitrogens with two attached hydrogens (primary N) is 1. The van der Waals surface area contributed by atoms with Crippen LogP contribution in [0.25, 0.3) is 0 Å². The molecule has 1 rings (SSSR count). The Morgan fingerprint density at radius 3 is 2.21 bits per heavy atom. The van der Waals surface area contributed by atoms with Crippen LogP contribution in [0.3, 0.4) is 0 Å². The zero-order chi connectivity index (χ0) is 14.4. The van der Waals surface area contributed by atoms with Crippen LogP contribution in [-0.2, 0) is 13.6 Å². The van der Waals surface area contributed by atoms with E-state index in [4.69, 9.17) is 14.8 Å². The lowest BCUT2D eigenvalue weighted by Crippen LogP contribution is -2.36. The van der Waals surface area contributed by atoms with Gasteiger partial charge in [0.05, 0.1) is 13.2 Å². The molecule has 1 atom stereocenters. The number of benzene rings is 1. The predicted molar refractivity (Wildman–Crippen MR) is 76.8 cm³/mol. The Bertz CT molecular complexity index is 492. The molecule has 5 heteroatoms. The van der Waals surface area contributed by atoms with Gasteiger partial charge in [0.1, 0.15) is 0 Å². The van der Waals surface area contributed by atoms with E-state index in [1.165, 1.54) is 0 Å². The highest BCUT2D eigenvalue weighted by Gasteiger charge is 2.43. The third-order valence-corrected chi connectivity index (χ3v) is 4.85. The van der Waals surface area contributed by atoms with Crippen LogP contribution in [0.5, 0.6) is 0 Å². The molecule has 0 saturated carbocycles. The van der Waals surface area contributed by atoms with Crippen LogP contribution in [0.15, 0.2) is 30.3 Å². The predicted octanol–water partition coefficient (Wildman–Crippen LogP) is 2.98. The van der Waals surface area contributed by atoms with Gasteiger partial charge in [0, 0.05) is 5.56 Å². The topological polar surface area (TPSA) is 61.5 Å². The molecule has 0 radical (unpaired) electrons. The SMILES string of the molecule is CCOP(=O)(OCC)C(C)(N)C#Cc1ccccc1. The van der Waals surface area contributed by atoms with Crippen molar-refractivity contribution in [1.82, 2.24) is 0 Å². The highest BCUT2D eigenvalue weighted by atomic mass is 31.2. The van der Waals surface area contributed by atoms with Crippen molar-refractivity contribution in [1.29, 1.82) is 0 Å². The monoisotopic (exact) mass is 281 g/mol. The van der Waals surface area contributed by atoms with E-state index < -0.39 is 12.9 Å². The van der Waals surface area contributed by atoms with Gasteiger partial charge in [-0.1, -0.05) is 30.0 Å². The van der Waals surface area contributed by atoms with Gasteiger partial charge >= 0.3 is 7.60 Å². The lowest BCUT2D eigenvalue weighted by Gasteiger charge is -2.27. The van der Waals surface area contributed by atoms with Crippen molar-refractivity contribution in [3.05, 3.63) is 35.9 Å². The molecule has 1 aromatic carbocycles. The molecule has 0 fully saturated rings. The summed E-state index contributed by atoms with van der Waals surface area (Å²) < 4.78 is 23.0. The lowest BCUT2D eigenvalue weighted by atomic mass is 10.2. The van der Waals surface area contributed by atoms with Crippen LogP contribution >= 0.6 is 7.60 Å². The fraction of sp³-hybridized carbons (Fsp3) is 0.429. The van der Waals surface area contributed by atoms with Crippen molar-refractivity contribution >= 4 is 7.60 Å². The largest absolute Gasteiger partial charge is 0.362 e. The molecule has 1 unspecified atom stereocenters. The maximum atomic E-state index is 12.6. The zero-order valence-electron chi connectivity index (χ0n) is 11.6. The molecule has 0 aliphatic rings. The standard InChI is InChI=1S/C14H20NO3P/c1-4-17-19(16,18-5-2)14(3,15)12-11-13-9-7-6-8-10-13/h6-10H,4-5,15H2,1-3H3. The summed E-state index contributed by atoms with van der Waals surface area (Å²) in [6.45, 7) is 5.57. The summed E-state index contributed by atoms with van der Waals surface area (Å²) in [4.78, 5) is 0. The quantitative estimate of drug-likeness (QED) is 0.665. The molecule has 2 N–H and O–H groups in total. The minimum absolute atomic E-state index is 0.261.